The molecular weight excluding hydrogens is 240 g/mol. The quantitative estimate of drug-likeness (QED) is 0.842. The molecule has 0 radical (unpaired) electrons. The van der Waals surface area contributed by atoms with Crippen LogP contribution in [-0.4, -0.2) is 41.6 Å². The van der Waals surface area contributed by atoms with Crippen LogP contribution in [0.15, 0.2) is 16.8 Å². The molecule has 1 fully saturated rings. The summed E-state index contributed by atoms with van der Waals surface area (Å²) in [5, 5.41) is 15.5. The van der Waals surface area contributed by atoms with Crippen molar-refractivity contribution in [1.82, 2.24) is 10.2 Å². The van der Waals surface area contributed by atoms with Crippen molar-refractivity contribution in [3.8, 4) is 0 Å². The topological polar surface area (TPSA) is 69.6 Å². The van der Waals surface area contributed by atoms with Crippen LogP contribution in [0.3, 0.4) is 0 Å². The third-order valence-electron chi connectivity index (χ3n) is 2.79. The number of hydrogen-bond acceptors (Lipinski definition) is 3. The number of hydrogen-bond donors (Lipinski definition) is 2. The van der Waals surface area contributed by atoms with Gasteiger partial charge < -0.3 is 15.3 Å². The summed E-state index contributed by atoms with van der Waals surface area (Å²) < 4.78 is 0. The van der Waals surface area contributed by atoms with E-state index in [4.69, 9.17) is 5.11 Å². The van der Waals surface area contributed by atoms with Crippen molar-refractivity contribution in [2.24, 2.45) is 5.92 Å². The van der Waals surface area contributed by atoms with E-state index in [2.05, 4.69) is 10.7 Å². The smallest absolute Gasteiger partial charge is 0.317 e. The van der Waals surface area contributed by atoms with Gasteiger partial charge in [-0.1, -0.05) is 0 Å². The number of rotatable bonds is 4. The van der Waals surface area contributed by atoms with E-state index in [0.717, 1.165) is 6.42 Å². The van der Waals surface area contributed by atoms with Crippen LogP contribution < -0.4 is 5.32 Å². The summed E-state index contributed by atoms with van der Waals surface area (Å²) in [5.41, 5.74) is 1.21. The summed E-state index contributed by atoms with van der Waals surface area (Å²) in [6.07, 6.45) is 0.811. The number of aliphatic carboxylic acids is 1. The minimum absolute atomic E-state index is 0.169. The zero-order chi connectivity index (χ0) is 12.3. The van der Waals surface area contributed by atoms with Crippen molar-refractivity contribution in [3.63, 3.8) is 0 Å². The molecule has 0 unspecified atom stereocenters. The standard InChI is InChI=1S/C11H14N2O3S/c14-10(15)9-5-13(6-9)11(16)12-3-1-8-2-4-17-7-8/h2,4,7,9H,1,3,5-6H2,(H,12,16)(H,14,15). The first-order chi connectivity index (χ1) is 8.16. The number of urea groups is 1. The van der Waals surface area contributed by atoms with Gasteiger partial charge in [0.25, 0.3) is 0 Å². The molecule has 0 atom stereocenters. The van der Waals surface area contributed by atoms with Crippen LogP contribution in [0, 0.1) is 5.92 Å². The zero-order valence-corrected chi connectivity index (χ0v) is 10.1. The third-order valence-corrected chi connectivity index (χ3v) is 3.52. The third kappa shape index (κ3) is 2.97. The monoisotopic (exact) mass is 254 g/mol. The molecular formula is C11H14N2O3S. The Bertz CT molecular complexity index is 399. The number of carbonyl (C=O) groups excluding carboxylic acids is 1. The minimum Gasteiger partial charge on any atom is -0.481 e. The molecule has 2 N–H and O–H groups in total. The Morgan fingerprint density at radius 2 is 2.29 bits per heavy atom. The van der Waals surface area contributed by atoms with Crippen molar-refractivity contribution in [1.29, 1.82) is 0 Å². The van der Waals surface area contributed by atoms with Gasteiger partial charge in [0.2, 0.25) is 0 Å². The molecule has 1 aliphatic rings. The van der Waals surface area contributed by atoms with Crippen LogP contribution in [0.5, 0.6) is 0 Å². The van der Waals surface area contributed by atoms with Gasteiger partial charge in [-0.15, -0.1) is 0 Å². The Hall–Kier alpha value is -1.56. The molecule has 1 aliphatic heterocycles. The molecule has 17 heavy (non-hydrogen) atoms. The van der Waals surface area contributed by atoms with E-state index in [1.807, 2.05) is 11.4 Å². The average molecular weight is 254 g/mol. The fourth-order valence-electron chi connectivity index (χ4n) is 1.66. The van der Waals surface area contributed by atoms with Gasteiger partial charge in [-0.05, 0) is 28.8 Å². The van der Waals surface area contributed by atoms with Crippen LogP contribution in [0.4, 0.5) is 4.79 Å². The second kappa shape index (κ2) is 5.18. The highest BCUT2D eigenvalue weighted by Crippen LogP contribution is 2.15. The van der Waals surface area contributed by atoms with Crippen LogP contribution >= 0.6 is 11.3 Å². The molecule has 5 nitrogen and oxygen atoms in total. The second-order valence-electron chi connectivity index (χ2n) is 4.05. The Kier molecular flexibility index (Phi) is 3.63. The summed E-state index contributed by atoms with van der Waals surface area (Å²) in [6, 6.07) is 1.86. The fraction of sp³-hybridized carbons (Fsp3) is 0.455. The van der Waals surface area contributed by atoms with Crippen LogP contribution in [-0.2, 0) is 11.2 Å². The fourth-order valence-corrected chi connectivity index (χ4v) is 2.36. The molecule has 2 heterocycles. The lowest BCUT2D eigenvalue weighted by molar-refractivity contribution is -0.146. The number of amides is 2. The summed E-state index contributed by atoms with van der Waals surface area (Å²) in [4.78, 5) is 23.6. The molecule has 2 amide bonds. The summed E-state index contributed by atoms with van der Waals surface area (Å²) in [5.74, 6) is -1.22. The maximum Gasteiger partial charge on any atom is 0.317 e. The molecule has 1 aromatic rings. The minimum atomic E-state index is -0.827. The molecule has 0 aliphatic carbocycles. The second-order valence-corrected chi connectivity index (χ2v) is 4.83. The molecule has 2 rings (SSSR count). The summed E-state index contributed by atoms with van der Waals surface area (Å²) in [6.45, 7) is 1.23. The predicted molar refractivity (Wildman–Crippen MR) is 64.1 cm³/mol. The summed E-state index contributed by atoms with van der Waals surface area (Å²) >= 11 is 1.64. The molecule has 0 aromatic carbocycles. The van der Waals surface area contributed by atoms with Gasteiger partial charge in [0.15, 0.2) is 0 Å². The largest absolute Gasteiger partial charge is 0.481 e. The number of nitrogens with zero attached hydrogens (tertiary/aromatic N) is 1. The van der Waals surface area contributed by atoms with Crippen molar-refractivity contribution in [2.45, 2.75) is 6.42 Å². The number of likely N-dealkylation sites (tertiary alicyclic amines) is 1. The SMILES string of the molecule is O=C(O)C1CN(C(=O)NCCc2ccsc2)C1. The van der Waals surface area contributed by atoms with E-state index in [0.29, 0.717) is 19.6 Å². The van der Waals surface area contributed by atoms with Crippen LogP contribution in [0.25, 0.3) is 0 Å². The van der Waals surface area contributed by atoms with E-state index < -0.39 is 11.9 Å². The Balaban J connectivity index is 1.64. The van der Waals surface area contributed by atoms with Crippen LogP contribution in [0.2, 0.25) is 0 Å². The van der Waals surface area contributed by atoms with Crippen molar-refractivity contribution >= 4 is 23.3 Å². The lowest BCUT2D eigenvalue weighted by Crippen LogP contribution is -2.56. The maximum absolute atomic E-state index is 11.5. The molecule has 6 heteroatoms. The number of thiophene rings is 1. The van der Waals surface area contributed by atoms with Gasteiger partial charge in [-0.3, -0.25) is 4.79 Å². The molecule has 0 saturated carbocycles. The first-order valence-electron chi connectivity index (χ1n) is 5.43. The highest BCUT2D eigenvalue weighted by Gasteiger charge is 2.35. The Labute approximate surface area is 103 Å². The average Bonchev–Trinajstić information content (AvgIpc) is 2.67. The Morgan fingerprint density at radius 1 is 1.53 bits per heavy atom. The van der Waals surface area contributed by atoms with Gasteiger partial charge in [0.05, 0.1) is 5.92 Å². The highest BCUT2D eigenvalue weighted by atomic mass is 32.1. The molecule has 1 saturated heterocycles. The lowest BCUT2D eigenvalue weighted by atomic mass is 10.0. The van der Waals surface area contributed by atoms with E-state index in [9.17, 15) is 9.59 Å². The highest BCUT2D eigenvalue weighted by molar-refractivity contribution is 7.07. The number of carboxylic acids is 1. The molecule has 0 spiro atoms. The zero-order valence-electron chi connectivity index (χ0n) is 9.26. The molecule has 92 valence electrons. The lowest BCUT2D eigenvalue weighted by Gasteiger charge is -2.36. The van der Waals surface area contributed by atoms with Gasteiger partial charge >= 0.3 is 12.0 Å². The van der Waals surface area contributed by atoms with E-state index >= 15 is 0 Å². The molecule has 1 aromatic heterocycles. The van der Waals surface area contributed by atoms with E-state index in [1.54, 1.807) is 11.3 Å². The van der Waals surface area contributed by atoms with Gasteiger partial charge in [-0.25, -0.2) is 4.79 Å². The first kappa shape index (κ1) is 11.9. The summed E-state index contributed by atoms with van der Waals surface area (Å²) in [7, 11) is 0. The molecule has 0 bridgehead atoms. The predicted octanol–water partition coefficient (Wildman–Crippen LogP) is 1.02. The maximum atomic E-state index is 11.5. The van der Waals surface area contributed by atoms with E-state index in [-0.39, 0.29) is 6.03 Å². The van der Waals surface area contributed by atoms with Crippen molar-refractivity contribution < 1.29 is 14.7 Å². The van der Waals surface area contributed by atoms with Gasteiger partial charge in [-0.2, -0.15) is 11.3 Å². The first-order valence-corrected chi connectivity index (χ1v) is 6.38. The van der Waals surface area contributed by atoms with Crippen LogP contribution in [0.1, 0.15) is 5.56 Å². The number of carbonyl (C=O) groups is 2. The number of nitrogens with one attached hydrogen (secondary N) is 1. The van der Waals surface area contributed by atoms with E-state index in [1.165, 1.54) is 10.5 Å². The Morgan fingerprint density at radius 3 is 2.88 bits per heavy atom. The van der Waals surface area contributed by atoms with Crippen molar-refractivity contribution in [2.75, 3.05) is 19.6 Å². The number of carboxylic acid groups (broad SMARTS) is 1. The van der Waals surface area contributed by atoms with Gasteiger partial charge in [0.1, 0.15) is 0 Å². The van der Waals surface area contributed by atoms with Crippen molar-refractivity contribution in [3.05, 3.63) is 22.4 Å². The normalized spacial score (nSPS) is 15.4. The van der Waals surface area contributed by atoms with Gasteiger partial charge in [0, 0.05) is 19.6 Å².